The normalized spacial score (nSPS) is 18.5. The number of benzene rings is 1. The third kappa shape index (κ3) is 3.01. The van der Waals surface area contributed by atoms with Gasteiger partial charge in [0.2, 0.25) is 0 Å². The van der Waals surface area contributed by atoms with E-state index in [1.54, 1.807) is 17.7 Å². The highest BCUT2D eigenvalue weighted by molar-refractivity contribution is 5.26. The fourth-order valence-corrected chi connectivity index (χ4v) is 3.41. The number of hydrogen-bond donors (Lipinski definition) is 0. The fourth-order valence-electron chi connectivity index (χ4n) is 3.41. The Labute approximate surface area is 135 Å². The first-order valence-corrected chi connectivity index (χ1v) is 8.04. The van der Waals surface area contributed by atoms with Crippen LogP contribution < -0.4 is 11.2 Å². The van der Waals surface area contributed by atoms with Crippen molar-refractivity contribution in [1.82, 2.24) is 14.0 Å². The SMILES string of the molecule is Cc1cccc(C2CCCN2Cc2cc(=O)n(C)c(=O)n2C)c1. The summed E-state index contributed by atoms with van der Waals surface area (Å²) < 4.78 is 2.72. The molecule has 1 aromatic carbocycles. The molecule has 122 valence electrons. The van der Waals surface area contributed by atoms with Crippen molar-refractivity contribution in [3.8, 4) is 0 Å². The summed E-state index contributed by atoms with van der Waals surface area (Å²) in [5.74, 6) is 0. The second-order valence-corrected chi connectivity index (χ2v) is 6.42. The first-order valence-electron chi connectivity index (χ1n) is 8.04. The van der Waals surface area contributed by atoms with Crippen molar-refractivity contribution in [2.45, 2.75) is 32.4 Å². The van der Waals surface area contributed by atoms with Gasteiger partial charge in [-0.05, 0) is 31.9 Å². The zero-order chi connectivity index (χ0) is 16.6. The molecule has 5 nitrogen and oxygen atoms in total. The van der Waals surface area contributed by atoms with Gasteiger partial charge in [0, 0.05) is 38.4 Å². The minimum absolute atomic E-state index is 0.241. The van der Waals surface area contributed by atoms with Crippen molar-refractivity contribution < 1.29 is 0 Å². The van der Waals surface area contributed by atoms with Crippen molar-refractivity contribution in [2.24, 2.45) is 14.1 Å². The lowest BCUT2D eigenvalue weighted by Gasteiger charge is -2.26. The number of nitrogens with zero attached hydrogens (tertiary/aromatic N) is 3. The lowest BCUT2D eigenvalue weighted by Crippen LogP contribution is -2.39. The van der Waals surface area contributed by atoms with Gasteiger partial charge in [0.05, 0.1) is 0 Å². The molecule has 1 aliphatic heterocycles. The van der Waals surface area contributed by atoms with Gasteiger partial charge in [-0.3, -0.25) is 18.8 Å². The summed E-state index contributed by atoms with van der Waals surface area (Å²) in [6.07, 6.45) is 2.25. The first-order chi connectivity index (χ1) is 11.0. The average molecular weight is 313 g/mol. The minimum atomic E-state index is -0.265. The van der Waals surface area contributed by atoms with E-state index in [0.29, 0.717) is 12.6 Å². The molecule has 0 amide bonds. The molecule has 23 heavy (non-hydrogen) atoms. The van der Waals surface area contributed by atoms with Gasteiger partial charge in [-0.1, -0.05) is 29.8 Å². The summed E-state index contributed by atoms with van der Waals surface area (Å²) in [5, 5.41) is 0. The summed E-state index contributed by atoms with van der Waals surface area (Å²) >= 11 is 0. The van der Waals surface area contributed by atoms with Gasteiger partial charge < -0.3 is 0 Å². The Kier molecular flexibility index (Phi) is 4.22. The minimum Gasteiger partial charge on any atom is -0.299 e. The van der Waals surface area contributed by atoms with Crippen LogP contribution in [-0.2, 0) is 20.6 Å². The highest BCUT2D eigenvalue weighted by Crippen LogP contribution is 2.33. The predicted molar refractivity (Wildman–Crippen MR) is 90.5 cm³/mol. The summed E-state index contributed by atoms with van der Waals surface area (Å²) in [5.41, 5.74) is 2.84. The Hall–Kier alpha value is -2.14. The van der Waals surface area contributed by atoms with Crippen LogP contribution in [0.5, 0.6) is 0 Å². The Morgan fingerprint density at radius 1 is 1.13 bits per heavy atom. The predicted octanol–water partition coefficient (Wildman–Crippen LogP) is 1.73. The maximum Gasteiger partial charge on any atom is 0.330 e. The molecule has 1 fully saturated rings. The number of likely N-dealkylation sites (tertiary alicyclic amines) is 1. The topological polar surface area (TPSA) is 47.2 Å². The van der Waals surface area contributed by atoms with Crippen LogP contribution >= 0.6 is 0 Å². The molecule has 0 radical (unpaired) electrons. The zero-order valence-electron chi connectivity index (χ0n) is 14.0. The highest BCUT2D eigenvalue weighted by atomic mass is 16.2. The maximum absolute atomic E-state index is 12.1. The van der Waals surface area contributed by atoms with Crippen LogP contribution in [0.15, 0.2) is 39.9 Å². The van der Waals surface area contributed by atoms with Crippen molar-refractivity contribution in [2.75, 3.05) is 6.54 Å². The summed E-state index contributed by atoms with van der Waals surface area (Å²) in [7, 11) is 3.24. The molecule has 0 bridgehead atoms. The molecule has 1 aromatic heterocycles. The molecule has 1 aliphatic rings. The van der Waals surface area contributed by atoms with Crippen LogP contribution in [0.4, 0.5) is 0 Å². The van der Waals surface area contributed by atoms with Gasteiger partial charge >= 0.3 is 5.69 Å². The molecule has 2 heterocycles. The third-order valence-electron chi connectivity index (χ3n) is 4.78. The molecule has 5 heteroatoms. The molecule has 3 rings (SSSR count). The quantitative estimate of drug-likeness (QED) is 0.867. The van der Waals surface area contributed by atoms with E-state index in [-0.39, 0.29) is 11.2 Å². The van der Waals surface area contributed by atoms with Crippen LogP contribution in [-0.4, -0.2) is 20.6 Å². The van der Waals surface area contributed by atoms with Gasteiger partial charge in [0.1, 0.15) is 0 Å². The molecular formula is C18H23N3O2. The number of aromatic nitrogens is 2. The average Bonchev–Trinajstić information content (AvgIpc) is 2.99. The fraction of sp³-hybridized carbons (Fsp3) is 0.444. The van der Waals surface area contributed by atoms with Crippen LogP contribution in [0.3, 0.4) is 0 Å². The van der Waals surface area contributed by atoms with Gasteiger partial charge in [-0.15, -0.1) is 0 Å². The standard InChI is InChI=1S/C18H23N3O2/c1-13-6-4-7-14(10-13)16-8-5-9-21(16)12-15-11-17(22)20(3)18(23)19(15)2/h4,6-7,10-11,16H,5,8-9,12H2,1-3H3. The number of hydrogen-bond acceptors (Lipinski definition) is 3. The molecular weight excluding hydrogens is 290 g/mol. The van der Waals surface area contributed by atoms with Crippen LogP contribution in [0.1, 0.15) is 35.7 Å². The monoisotopic (exact) mass is 313 g/mol. The van der Waals surface area contributed by atoms with Gasteiger partial charge in [0.15, 0.2) is 0 Å². The summed E-state index contributed by atoms with van der Waals surface area (Å²) in [4.78, 5) is 26.4. The van der Waals surface area contributed by atoms with E-state index in [1.807, 2.05) is 0 Å². The molecule has 0 N–H and O–H groups in total. The van der Waals surface area contributed by atoms with E-state index in [2.05, 4.69) is 36.1 Å². The third-order valence-corrected chi connectivity index (χ3v) is 4.78. The summed E-state index contributed by atoms with van der Waals surface area (Å²) in [6, 6.07) is 10.5. The molecule has 1 atom stereocenters. The highest BCUT2D eigenvalue weighted by Gasteiger charge is 2.26. The van der Waals surface area contributed by atoms with Crippen molar-refractivity contribution in [1.29, 1.82) is 0 Å². The lowest BCUT2D eigenvalue weighted by molar-refractivity contribution is 0.241. The molecule has 1 saturated heterocycles. The van der Waals surface area contributed by atoms with Gasteiger partial charge in [-0.2, -0.15) is 0 Å². The largest absolute Gasteiger partial charge is 0.330 e. The molecule has 2 aromatic rings. The van der Waals surface area contributed by atoms with E-state index in [1.165, 1.54) is 18.2 Å². The van der Waals surface area contributed by atoms with Gasteiger partial charge in [0.25, 0.3) is 5.56 Å². The summed E-state index contributed by atoms with van der Waals surface area (Å²) in [6.45, 7) is 3.72. The zero-order valence-corrected chi connectivity index (χ0v) is 14.0. The molecule has 1 unspecified atom stereocenters. The number of rotatable bonds is 3. The maximum atomic E-state index is 12.1. The smallest absolute Gasteiger partial charge is 0.299 e. The molecule has 0 aliphatic carbocycles. The van der Waals surface area contributed by atoms with E-state index in [4.69, 9.17) is 0 Å². The molecule has 0 spiro atoms. The van der Waals surface area contributed by atoms with Crippen LogP contribution in [0, 0.1) is 6.92 Å². The Morgan fingerprint density at radius 2 is 1.91 bits per heavy atom. The van der Waals surface area contributed by atoms with Crippen molar-refractivity contribution in [3.05, 3.63) is 68.0 Å². The van der Waals surface area contributed by atoms with Crippen molar-refractivity contribution in [3.63, 3.8) is 0 Å². The Bertz CT molecular complexity index is 835. The second kappa shape index (κ2) is 6.16. The van der Waals surface area contributed by atoms with E-state index in [0.717, 1.165) is 29.6 Å². The van der Waals surface area contributed by atoms with E-state index >= 15 is 0 Å². The first kappa shape index (κ1) is 15.7. The van der Waals surface area contributed by atoms with E-state index < -0.39 is 0 Å². The Morgan fingerprint density at radius 3 is 2.65 bits per heavy atom. The lowest BCUT2D eigenvalue weighted by atomic mass is 10.0. The van der Waals surface area contributed by atoms with Crippen LogP contribution in [0.25, 0.3) is 0 Å². The van der Waals surface area contributed by atoms with Gasteiger partial charge in [-0.25, -0.2) is 4.79 Å². The van der Waals surface area contributed by atoms with Crippen molar-refractivity contribution >= 4 is 0 Å². The Balaban J connectivity index is 1.91. The van der Waals surface area contributed by atoms with Crippen LogP contribution in [0.2, 0.25) is 0 Å². The second-order valence-electron chi connectivity index (χ2n) is 6.42. The number of aryl methyl sites for hydroxylation is 1. The molecule has 0 saturated carbocycles. The van der Waals surface area contributed by atoms with E-state index in [9.17, 15) is 9.59 Å².